The lowest BCUT2D eigenvalue weighted by molar-refractivity contribution is 0.685. The molecule has 0 radical (unpaired) electrons. The van der Waals surface area contributed by atoms with E-state index in [-0.39, 0.29) is 0 Å². The van der Waals surface area contributed by atoms with Crippen LogP contribution in [0.4, 0.5) is 0 Å². The summed E-state index contributed by atoms with van der Waals surface area (Å²) in [5.41, 5.74) is 1.14. The summed E-state index contributed by atoms with van der Waals surface area (Å²) >= 11 is 0. The Morgan fingerprint density at radius 1 is 0.586 bits per heavy atom. The minimum Gasteiger partial charge on any atom is -0.230 e. The molecule has 4 heteroatoms. The smallest absolute Gasteiger partial charge is 0.172 e. The quantitative estimate of drug-likeness (QED) is 0.412. The molecule has 0 saturated carbocycles. The van der Waals surface area contributed by atoms with Gasteiger partial charge in [-0.1, -0.05) is 109 Å². The van der Waals surface area contributed by atoms with E-state index in [9.17, 15) is 4.21 Å². The SMILES string of the molecule is Cc1ccc(S(=O)N=P(c2ccccc2)(c2ccccc2)c2ccccc2)cc1. The lowest BCUT2D eigenvalue weighted by Crippen LogP contribution is -2.25. The van der Waals surface area contributed by atoms with E-state index in [4.69, 9.17) is 4.15 Å². The van der Waals surface area contributed by atoms with Crippen molar-refractivity contribution in [1.82, 2.24) is 0 Å². The molecule has 0 N–H and O–H groups in total. The van der Waals surface area contributed by atoms with Crippen molar-refractivity contribution in [3.05, 3.63) is 121 Å². The summed E-state index contributed by atoms with van der Waals surface area (Å²) in [7, 11) is -3.95. The van der Waals surface area contributed by atoms with Crippen LogP contribution in [0.3, 0.4) is 0 Å². The maximum absolute atomic E-state index is 13.5. The molecule has 2 nitrogen and oxygen atoms in total. The third-order valence-electron chi connectivity index (χ3n) is 4.81. The zero-order chi connectivity index (χ0) is 20.1. The Morgan fingerprint density at radius 3 is 1.34 bits per heavy atom. The van der Waals surface area contributed by atoms with Crippen LogP contribution in [0.15, 0.2) is 124 Å². The molecule has 0 aliphatic carbocycles. The molecule has 0 saturated heterocycles. The summed E-state index contributed by atoms with van der Waals surface area (Å²) in [6, 6.07) is 38.6. The summed E-state index contributed by atoms with van der Waals surface area (Å²) in [6.45, 7) is 2.03. The Bertz CT molecular complexity index is 1050. The molecule has 0 spiro atoms. The highest BCUT2D eigenvalue weighted by atomic mass is 32.2. The highest BCUT2D eigenvalue weighted by Crippen LogP contribution is 2.47. The highest BCUT2D eigenvalue weighted by Gasteiger charge is 2.28. The van der Waals surface area contributed by atoms with Gasteiger partial charge in [-0.05, 0) is 19.1 Å². The van der Waals surface area contributed by atoms with Crippen LogP contribution in [0, 0.1) is 6.92 Å². The summed E-state index contributed by atoms with van der Waals surface area (Å²) in [6.07, 6.45) is 0. The fourth-order valence-corrected chi connectivity index (χ4v) is 8.81. The first-order valence-corrected chi connectivity index (χ1v) is 12.3. The molecule has 1 atom stereocenters. The number of nitrogens with zero attached hydrogens (tertiary/aromatic N) is 1. The third-order valence-corrected chi connectivity index (χ3v) is 10.2. The highest BCUT2D eigenvalue weighted by molar-refractivity contribution is 7.96. The molecule has 0 aromatic heterocycles. The zero-order valence-electron chi connectivity index (χ0n) is 16.2. The molecule has 144 valence electrons. The minimum atomic E-state index is -2.46. The fourth-order valence-electron chi connectivity index (χ4n) is 3.33. The van der Waals surface area contributed by atoms with Crippen LogP contribution in [0.5, 0.6) is 0 Å². The lowest BCUT2D eigenvalue weighted by atomic mass is 10.2. The fraction of sp³-hybridized carbons (Fsp3) is 0.0400. The Morgan fingerprint density at radius 2 is 0.966 bits per heavy atom. The van der Waals surface area contributed by atoms with Gasteiger partial charge in [-0.3, -0.25) is 0 Å². The van der Waals surface area contributed by atoms with Crippen LogP contribution in [0.25, 0.3) is 0 Å². The Hall–Kier alpha value is -2.74. The van der Waals surface area contributed by atoms with Gasteiger partial charge in [-0.15, -0.1) is 0 Å². The predicted molar refractivity (Wildman–Crippen MR) is 125 cm³/mol. The zero-order valence-corrected chi connectivity index (χ0v) is 17.9. The Kier molecular flexibility index (Phi) is 5.89. The van der Waals surface area contributed by atoms with E-state index in [2.05, 4.69) is 36.4 Å². The van der Waals surface area contributed by atoms with Crippen LogP contribution in [-0.4, -0.2) is 4.21 Å². The molecular formula is C25H22NOPS. The number of hydrogen-bond acceptors (Lipinski definition) is 1. The molecule has 0 aliphatic rings. The van der Waals surface area contributed by atoms with E-state index in [1.807, 2.05) is 85.8 Å². The van der Waals surface area contributed by atoms with Crippen molar-refractivity contribution in [2.24, 2.45) is 4.15 Å². The van der Waals surface area contributed by atoms with Crippen molar-refractivity contribution in [2.45, 2.75) is 11.8 Å². The van der Waals surface area contributed by atoms with E-state index >= 15 is 0 Å². The van der Waals surface area contributed by atoms with Crippen molar-refractivity contribution in [2.75, 3.05) is 0 Å². The van der Waals surface area contributed by atoms with Gasteiger partial charge in [0.1, 0.15) is 0 Å². The monoisotopic (exact) mass is 415 g/mol. The third kappa shape index (κ3) is 4.03. The van der Waals surface area contributed by atoms with E-state index in [1.54, 1.807) is 0 Å². The molecule has 0 amide bonds. The molecular weight excluding hydrogens is 393 g/mol. The van der Waals surface area contributed by atoms with E-state index in [0.29, 0.717) is 0 Å². The molecule has 29 heavy (non-hydrogen) atoms. The van der Waals surface area contributed by atoms with Gasteiger partial charge in [0.2, 0.25) is 0 Å². The van der Waals surface area contributed by atoms with Crippen molar-refractivity contribution in [1.29, 1.82) is 0 Å². The van der Waals surface area contributed by atoms with Gasteiger partial charge < -0.3 is 0 Å². The van der Waals surface area contributed by atoms with Crippen LogP contribution in [-0.2, 0) is 11.0 Å². The summed E-state index contributed by atoms with van der Waals surface area (Å²) in [5, 5.41) is 3.29. The first-order chi connectivity index (χ1) is 14.2. The van der Waals surface area contributed by atoms with Gasteiger partial charge in [0.15, 0.2) is 11.0 Å². The molecule has 1 unspecified atom stereocenters. The molecule has 0 heterocycles. The molecule has 4 aromatic carbocycles. The second kappa shape index (κ2) is 8.73. The van der Waals surface area contributed by atoms with E-state index < -0.39 is 18.0 Å². The molecule has 4 rings (SSSR count). The van der Waals surface area contributed by atoms with Gasteiger partial charge >= 0.3 is 0 Å². The second-order valence-electron chi connectivity index (χ2n) is 6.79. The Labute approximate surface area is 174 Å². The Balaban J connectivity index is 2.05. The van der Waals surface area contributed by atoms with Crippen LogP contribution >= 0.6 is 7.05 Å². The average Bonchev–Trinajstić information content (AvgIpc) is 2.79. The summed E-state index contributed by atoms with van der Waals surface area (Å²) in [5.74, 6) is 0. The van der Waals surface area contributed by atoms with Gasteiger partial charge in [0, 0.05) is 15.9 Å². The van der Waals surface area contributed by atoms with Crippen LogP contribution < -0.4 is 15.9 Å². The first-order valence-electron chi connectivity index (χ1n) is 9.48. The van der Waals surface area contributed by atoms with Crippen LogP contribution in [0.1, 0.15) is 5.56 Å². The molecule has 0 fully saturated rings. The minimum absolute atomic E-state index is 0.725. The maximum Gasteiger partial charge on any atom is 0.172 e. The van der Waals surface area contributed by atoms with Gasteiger partial charge in [-0.2, -0.15) is 4.15 Å². The van der Waals surface area contributed by atoms with E-state index in [0.717, 1.165) is 26.4 Å². The molecule has 0 bridgehead atoms. The number of benzene rings is 4. The lowest BCUT2D eigenvalue weighted by Gasteiger charge is -2.26. The normalized spacial score (nSPS) is 12.3. The van der Waals surface area contributed by atoms with Gasteiger partial charge in [0.25, 0.3) is 0 Å². The number of hydrogen-bond donors (Lipinski definition) is 0. The summed E-state index contributed by atoms with van der Waals surface area (Å²) in [4.78, 5) is 0.725. The summed E-state index contributed by atoms with van der Waals surface area (Å²) < 4.78 is 18.6. The molecule has 0 aliphatic heterocycles. The predicted octanol–water partition coefficient (Wildman–Crippen LogP) is 5.20. The maximum atomic E-state index is 13.5. The van der Waals surface area contributed by atoms with Gasteiger partial charge in [0.05, 0.1) is 11.9 Å². The van der Waals surface area contributed by atoms with Crippen molar-refractivity contribution >= 4 is 34.0 Å². The van der Waals surface area contributed by atoms with Gasteiger partial charge in [-0.25, -0.2) is 4.21 Å². The average molecular weight is 415 g/mol. The number of rotatable bonds is 5. The topological polar surface area (TPSA) is 29.4 Å². The largest absolute Gasteiger partial charge is 0.230 e. The number of aryl methyl sites for hydroxylation is 1. The van der Waals surface area contributed by atoms with Crippen molar-refractivity contribution < 1.29 is 4.21 Å². The van der Waals surface area contributed by atoms with Crippen molar-refractivity contribution in [3.63, 3.8) is 0 Å². The van der Waals surface area contributed by atoms with Crippen molar-refractivity contribution in [3.8, 4) is 0 Å². The van der Waals surface area contributed by atoms with Crippen LogP contribution in [0.2, 0.25) is 0 Å². The first kappa shape index (κ1) is 19.6. The molecule has 4 aromatic rings. The second-order valence-corrected chi connectivity index (χ2v) is 11.2. The standard InChI is InChI=1S/C25H22NOPS/c1-21-17-19-25(20-18-21)29(27)26-28(22-11-5-2-6-12-22,23-13-7-3-8-14-23)24-15-9-4-10-16-24/h2-20H,1H3. The van der Waals surface area contributed by atoms with E-state index in [1.165, 1.54) is 0 Å².